The molecule has 0 aliphatic heterocycles. The molecule has 0 amide bonds. The Hall–Kier alpha value is -1.61. The van der Waals surface area contributed by atoms with E-state index >= 15 is 0 Å². The van der Waals surface area contributed by atoms with Crippen molar-refractivity contribution in [3.63, 3.8) is 0 Å². The fraction of sp³-hybridized carbons (Fsp3) is 0.357. The number of aromatic nitrogens is 2. The molecule has 0 bridgehead atoms. The second kappa shape index (κ2) is 6.21. The average Bonchev–Trinajstić information content (AvgIpc) is 2.84. The predicted octanol–water partition coefficient (Wildman–Crippen LogP) is 2.24. The van der Waals surface area contributed by atoms with Gasteiger partial charge in [-0.05, 0) is 43.1 Å². The molecule has 0 saturated heterocycles. The SMILES string of the molecule is CCn1ccc(CNCCc2cccnc2)c1. The third-order valence-electron chi connectivity index (χ3n) is 2.82. The van der Waals surface area contributed by atoms with Gasteiger partial charge >= 0.3 is 0 Å². The van der Waals surface area contributed by atoms with Crippen LogP contribution in [-0.2, 0) is 19.5 Å². The number of nitrogens with zero attached hydrogens (tertiary/aromatic N) is 2. The van der Waals surface area contributed by atoms with Crippen LogP contribution in [0.15, 0.2) is 43.0 Å². The Morgan fingerprint density at radius 1 is 1.29 bits per heavy atom. The molecule has 0 aliphatic rings. The molecule has 0 aliphatic carbocycles. The third-order valence-corrected chi connectivity index (χ3v) is 2.82. The number of pyridine rings is 1. The van der Waals surface area contributed by atoms with Crippen LogP contribution in [0.4, 0.5) is 0 Å². The van der Waals surface area contributed by atoms with Gasteiger partial charge in [0.2, 0.25) is 0 Å². The molecule has 0 atom stereocenters. The van der Waals surface area contributed by atoms with Crippen LogP contribution in [0, 0.1) is 0 Å². The molecule has 90 valence electrons. The van der Waals surface area contributed by atoms with Crippen LogP contribution in [0.2, 0.25) is 0 Å². The first-order valence-electron chi connectivity index (χ1n) is 6.13. The molecule has 0 aromatic carbocycles. The highest BCUT2D eigenvalue weighted by Crippen LogP contribution is 2.01. The second-order valence-electron chi connectivity index (χ2n) is 4.14. The van der Waals surface area contributed by atoms with Crippen molar-refractivity contribution in [2.75, 3.05) is 6.54 Å². The highest BCUT2D eigenvalue weighted by atomic mass is 14.9. The van der Waals surface area contributed by atoms with Gasteiger partial charge in [0.1, 0.15) is 0 Å². The lowest BCUT2D eigenvalue weighted by atomic mass is 10.2. The highest BCUT2D eigenvalue weighted by Gasteiger charge is 1.96. The van der Waals surface area contributed by atoms with Crippen LogP contribution in [0.3, 0.4) is 0 Å². The molecule has 0 spiro atoms. The van der Waals surface area contributed by atoms with Crippen molar-refractivity contribution >= 4 is 0 Å². The summed E-state index contributed by atoms with van der Waals surface area (Å²) < 4.78 is 2.19. The fourth-order valence-corrected chi connectivity index (χ4v) is 1.80. The van der Waals surface area contributed by atoms with Crippen LogP contribution in [0.5, 0.6) is 0 Å². The van der Waals surface area contributed by atoms with E-state index in [9.17, 15) is 0 Å². The summed E-state index contributed by atoms with van der Waals surface area (Å²) in [5.74, 6) is 0. The average molecular weight is 229 g/mol. The number of nitrogens with one attached hydrogen (secondary N) is 1. The summed E-state index contributed by atoms with van der Waals surface area (Å²) in [7, 11) is 0. The van der Waals surface area contributed by atoms with Gasteiger partial charge in [-0.15, -0.1) is 0 Å². The van der Waals surface area contributed by atoms with Gasteiger partial charge in [-0.25, -0.2) is 0 Å². The number of hydrogen-bond donors (Lipinski definition) is 1. The number of hydrogen-bond acceptors (Lipinski definition) is 2. The molecule has 0 unspecified atom stereocenters. The van der Waals surface area contributed by atoms with Crippen molar-refractivity contribution in [2.24, 2.45) is 0 Å². The molecule has 1 N–H and O–H groups in total. The Morgan fingerprint density at radius 2 is 2.24 bits per heavy atom. The first-order valence-corrected chi connectivity index (χ1v) is 6.13. The lowest BCUT2D eigenvalue weighted by Gasteiger charge is -2.03. The smallest absolute Gasteiger partial charge is 0.0300 e. The van der Waals surface area contributed by atoms with E-state index < -0.39 is 0 Å². The fourth-order valence-electron chi connectivity index (χ4n) is 1.80. The molecule has 2 aromatic heterocycles. The van der Waals surface area contributed by atoms with Crippen molar-refractivity contribution < 1.29 is 0 Å². The van der Waals surface area contributed by atoms with E-state index in [-0.39, 0.29) is 0 Å². The van der Waals surface area contributed by atoms with Crippen molar-refractivity contribution in [1.82, 2.24) is 14.9 Å². The monoisotopic (exact) mass is 229 g/mol. The van der Waals surface area contributed by atoms with Gasteiger partial charge in [0.25, 0.3) is 0 Å². The van der Waals surface area contributed by atoms with Gasteiger partial charge in [-0.3, -0.25) is 4.98 Å². The predicted molar refractivity (Wildman–Crippen MR) is 69.8 cm³/mol. The first-order chi connectivity index (χ1) is 8.38. The maximum atomic E-state index is 4.10. The molecule has 17 heavy (non-hydrogen) atoms. The summed E-state index contributed by atoms with van der Waals surface area (Å²) in [5, 5.41) is 3.45. The van der Waals surface area contributed by atoms with Gasteiger partial charge in [0.15, 0.2) is 0 Å². The minimum atomic E-state index is 0.938. The summed E-state index contributed by atoms with van der Waals surface area (Å²) in [4.78, 5) is 4.10. The Kier molecular flexibility index (Phi) is 4.33. The van der Waals surface area contributed by atoms with Crippen LogP contribution in [0.25, 0.3) is 0 Å². The minimum absolute atomic E-state index is 0.938. The minimum Gasteiger partial charge on any atom is -0.354 e. The van der Waals surface area contributed by atoms with E-state index in [1.165, 1.54) is 11.1 Å². The zero-order valence-electron chi connectivity index (χ0n) is 10.3. The van der Waals surface area contributed by atoms with Crippen molar-refractivity contribution in [1.29, 1.82) is 0 Å². The van der Waals surface area contributed by atoms with E-state index in [1.807, 2.05) is 18.5 Å². The Bertz CT molecular complexity index is 434. The molecular weight excluding hydrogens is 210 g/mol. The zero-order valence-corrected chi connectivity index (χ0v) is 10.3. The number of aryl methyl sites for hydroxylation is 1. The Labute approximate surface area is 103 Å². The summed E-state index contributed by atoms with van der Waals surface area (Å²) in [6.45, 7) is 5.12. The van der Waals surface area contributed by atoms with Crippen molar-refractivity contribution in [2.45, 2.75) is 26.4 Å². The largest absolute Gasteiger partial charge is 0.354 e. The topological polar surface area (TPSA) is 29.9 Å². The quantitative estimate of drug-likeness (QED) is 0.770. The summed E-state index contributed by atoms with van der Waals surface area (Å²) in [6.07, 6.45) is 9.08. The van der Waals surface area contributed by atoms with E-state index in [0.29, 0.717) is 0 Å². The van der Waals surface area contributed by atoms with Gasteiger partial charge in [-0.2, -0.15) is 0 Å². The Balaban J connectivity index is 1.69. The van der Waals surface area contributed by atoms with E-state index in [0.717, 1.165) is 26.1 Å². The molecule has 3 nitrogen and oxygen atoms in total. The van der Waals surface area contributed by atoms with E-state index in [1.54, 1.807) is 0 Å². The van der Waals surface area contributed by atoms with Crippen molar-refractivity contribution in [3.8, 4) is 0 Å². The Morgan fingerprint density at radius 3 is 2.94 bits per heavy atom. The zero-order chi connectivity index (χ0) is 11.9. The standard InChI is InChI=1S/C14H19N3/c1-2-17-9-6-14(12-17)11-16-8-5-13-4-3-7-15-10-13/h3-4,6-7,9-10,12,16H,2,5,8,11H2,1H3. The van der Waals surface area contributed by atoms with Crippen LogP contribution in [0.1, 0.15) is 18.1 Å². The molecule has 2 rings (SSSR count). The summed E-state index contributed by atoms with van der Waals surface area (Å²) in [6, 6.07) is 6.26. The molecule has 2 aromatic rings. The lowest BCUT2D eigenvalue weighted by molar-refractivity contribution is 0.682. The van der Waals surface area contributed by atoms with Crippen LogP contribution < -0.4 is 5.32 Å². The highest BCUT2D eigenvalue weighted by molar-refractivity contribution is 5.11. The molecule has 3 heteroatoms. The molecule has 0 radical (unpaired) electrons. The first kappa shape index (κ1) is 11.9. The third kappa shape index (κ3) is 3.71. The molecule has 0 saturated carbocycles. The molecule has 2 heterocycles. The van der Waals surface area contributed by atoms with Gasteiger partial charge in [0.05, 0.1) is 0 Å². The summed E-state index contributed by atoms with van der Waals surface area (Å²) >= 11 is 0. The maximum Gasteiger partial charge on any atom is 0.0300 e. The summed E-state index contributed by atoms with van der Waals surface area (Å²) in [5.41, 5.74) is 2.63. The molecular formula is C14H19N3. The normalized spacial score (nSPS) is 10.6. The lowest BCUT2D eigenvalue weighted by Crippen LogP contribution is -2.16. The van der Waals surface area contributed by atoms with E-state index in [2.05, 4.69) is 46.3 Å². The van der Waals surface area contributed by atoms with Gasteiger partial charge < -0.3 is 9.88 Å². The second-order valence-corrected chi connectivity index (χ2v) is 4.14. The van der Waals surface area contributed by atoms with E-state index in [4.69, 9.17) is 0 Å². The van der Waals surface area contributed by atoms with Gasteiger partial charge in [-0.1, -0.05) is 6.07 Å². The number of rotatable bonds is 6. The molecule has 0 fully saturated rings. The van der Waals surface area contributed by atoms with Crippen molar-refractivity contribution in [3.05, 3.63) is 54.1 Å². The van der Waals surface area contributed by atoms with Gasteiger partial charge in [0, 0.05) is 37.9 Å². The van der Waals surface area contributed by atoms with Crippen LogP contribution in [-0.4, -0.2) is 16.1 Å². The van der Waals surface area contributed by atoms with Crippen LogP contribution >= 0.6 is 0 Å². The maximum absolute atomic E-state index is 4.10.